The van der Waals surface area contributed by atoms with Crippen molar-refractivity contribution in [2.45, 2.75) is 32.5 Å². The third-order valence-corrected chi connectivity index (χ3v) is 2.94. The van der Waals surface area contributed by atoms with Gasteiger partial charge < -0.3 is 5.73 Å². The highest BCUT2D eigenvalue weighted by Crippen LogP contribution is 2.32. The number of rotatable bonds is 3. The van der Waals surface area contributed by atoms with Crippen LogP contribution in [0.15, 0.2) is 18.2 Å². The highest BCUT2D eigenvalue weighted by molar-refractivity contribution is 5.85. The van der Waals surface area contributed by atoms with E-state index in [2.05, 4.69) is 0 Å². The largest absolute Gasteiger partial charge is 0.416 e. The highest BCUT2D eigenvalue weighted by atomic mass is 35.5. The molecule has 18 heavy (non-hydrogen) atoms. The number of alkyl halides is 3. The van der Waals surface area contributed by atoms with Crippen molar-refractivity contribution in [3.63, 3.8) is 0 Å². The fourth-order valence-electron chi connectivity index (χ4n) is 1.53. The van der Waals surface area contributed by atoms with Gasteiger partial charge in [-0.25, -0.2) is 4.39 Å². The van der Waals surface area contributed by atoms with Crippen molar-refractivity contribution in [3.05, 3.63) is 35.1 Å². The van der Waals surface area contributed by atoms with Gasteiger partial charge in [-0.2, -0.15) is 13.2 Å². The quantitative estimate of drug-likeness (QED) is 0.823. The summed E-state index contributed by atoms with van der Waals surface area (Å²) in [7, 11) is 0. The summed E-state index contributed by atoms with van der Waals surface area (Å²) in [5.41, 5.74) is 4.93. The van der Waals surface area contributed by atoms with Gasteiger partial charge in [-0.1, -0.05) is 26.3 Å². The van der Waals surface area contributed by atoms with E-state index < -0.39 is 23.6 Å². The summed E-state index contributed by atoms with van der Waals surface area (Å²) < 4.78 is 50.5. The van der Waals surface area contributed by atoms with Gasteiger partial charge in [0.15, 0.2) is 0 Å². The second-order valence-electron chi connectivity index (χ2n) is 4.15. The molecule has 0 aliphatic carbocycles. The minimum absolute atomic E-state index is 0. The van der Waals surface area contributed by atoms with Crippen LogP contribution >= 0.6 is 12.4 Å². The summed E-state index contributed by atoms with van der Waals surface area (Å²) in [5, 5.41) is 0. The van der Waals surface area contributed by atoms with Gasteiger partial charge in [-0.05, 0) is 18.1 Å². The standard InChI is InChI=1S/C12H15F4N.ClH/c1-3-7(2)11(17)9-5-4-8(6-10(9)13)12(14,15)16;/h4-7,11H,3,17H2,1-2H3;1H/t7?,11-;/m1./s1. The number of nitrogens with two attached hydrogens (primary N) is 1. The maximum absolute atomic E-state index is 13.5. The van der Waals surface area contributed by atoms with Crippen molar-refractivity contribution < 1.29 is 17.6 Å². The lowest BCUT2D eigenvalue weighted by atomic mass is 9.92. The Morgan fingerprint density at radius 2 is 1.83 bits per heavy atom. The first-order valence-corrected chi connectivity index (χ1v) is 5.39. The van der Waals surface area contributed by atoms with Gasteiger partial charge in [-0.15, -0.1) is 12.4 Å². The Hall–Kier alpha value is -0.810. The Morgan fingerprint density at radius 1 is 1.28 bits per heavy atom. The molecule has 0 heterocycles. The lowest BCUT2D eigenvalue weighted by Crippen LogP contribution is -2.20. The molecule has 0 radical (unpaired) electrons. The maximum atomic E-state index is 13.5. The number of hydrogen-bond acceptors (Lipinski definition) is 1. The van der Waals surface area contributed by atoms with Crippen LogP contribution in [0.2, 0.25) is 0 Å². The van der Waals surface area contributed by atoms with Crippen LogP contribution in [0.1, 0.15) is 37.4 Å². The van der Waals surface area contributed by atoms with Crippen LogP contribution in [0, 0.1) is 11.7 Å². The molecule has 0 fully saturated rings. The topological polar surface area (TPSA) is 26.0 Å². The fraction of sp³-hybridized carbons (Fsp3) is 0.500. The van der Waals surface area contributed by atoms with Crippen LogP contribution in [0.25, 0.3) is 0 Å². The molecule has 0 spiro atoms. The van der Waals surface area contributed by atoms with Crippen LogP contribution in [0.5, 0.6) is 0 Å². The number of hydrogen-bond donors (Lipinski definition) is 1. The zero-order chi connectivity index (χ0) is 13.2. The molecule has 0 aliphatic rings. The first kappa shape index (κ1) is 17.2. The molecule has 1 rings (SSSR count). The summed E-state index contributed by atoms with van der Waals surface area (Å²) in [4.78, 5) is 0. The van der Waals surface area contributed by atoms with Crippen molar-refractivity contribution in [1.29, 1.82) is 0 Å². The molecule has 104 valence electrons. The summed E-state index contributed by atoms with van der Waals surface area (Å²) >= 11 is 0. The van der Waals surface area contributed by atoms with Gasteiger partial charge in [0, 0.05) is 11.6 Å². The monoisotopic (exact) mass is 285 g/mol. The van der Waals surface area contributed by atoms with Crippen molar-refractivity contribution in [2.75, 3.05) is 0 Å². The molecule has 0 aliphatic heterocycles. The molecule has 1 aromatic rings. The summed E-state index contributed by atoms with van der Waals surface area (Å²) in [5.74, 6) is -0.881. The van der Waals surface area contributed by atoms with Gasteiger partial charge >= 0.3 is 6.18 Å². The zero-order valence-electron chi connectivity index (χ0n) is 10.1. The van der Waals surface area contributed by atoms with E-state index in [1.807, 2.05) is 13.8 Å². The van der Waals surface area contributed by atoms with Crippen molar-refractivity contribution in [3.8, 4) is 0 Å². The molecule has 0 saturated heterocycles. The van der Waals surface area contributed by atoms with E-state index in [4.69, 9.17) is 5.73 Å². The third-order valence-electron chi connectivity index (χ3n) is 2.94. The molecule has 0 amide bonds. The molecule has 6 heteroatoms. The molecular weight excluding hydrogens is 270 g/mol. The maximum Gasteiger partial charge on any atom is 0.416 e. The lowest BCUT2D eigenvalue weighted by molar-refractivity contribution is -0.137. The van der Waals surface area contributed by atoms with Gasteiger partial charge in [0.2, 0.25) is 0 Å². The van der Waals surface area contributed by atoms with E-state index in [1.54, 1.807) is 0 Å². The average molecular weight is 286 g/mol. The van der Waals surface area contributed by atoms with Crippen LogP contribution in [-0.4, -0.2) is 0 Å². The predicted molar refractivity (Wildman–Crippen MR) is 65.0 cm³/mol. The molecule has 2 atom stereocenters. The lowest BCUT2D eigenvalue weighted by Gasteiger charge is -2.20. The van der Waals surface area contributed by atoms with E-state index in [0.717, 1.165) is 18.6 Å². The van der Waals surface area contributed by atoms with Crippen LogP contribution in [-0.2, 0) is 6.18 Å². The Bertz CT molecular complexity index is 392. The Labute approximate surface area is 110 Å². The van der Waals surface area contributed by atoms with Crippen molar-refractivity contribution in [1.82, 2.24) is 0 Å². The second-order valence-corrected chi connectivity index (χ2v) is 4.15. The molecule has 0 saturated carbocycles. The van der Waals surface area contributed by atoms with E-state index in [9.17, 15) is 17.6 Å². The van der Waals surface area contributed by atoms with Gasteiger partial charge in [0.05, 0.1) is 5.56 Å². The minimum atomic E-state index is -4.53. The molecule has 1 aromatic carbocycles. The SMILES string of the molecule is CCC(C)[C@@H](N)c1ccc(C(F)(F)F)cc1F.Cl. The predicted octanol–water partition coefficient (Wildman–Crippen LogP) is 4.31. The average Bonchev–Trinajstić information content (AvgIpc) is 2.25. The van der Waals surface area contributed by atoms with E-state index in [-0.39, 0.29) is 23.9 Å². The van der Waals surface area contributed by atoms with Crippen molar-refractivity contribution >= 4 is 12.4 Å². The van der Waals surface area contributed by atoms with Gasteiger partial charge in [0.1, 0.15) is 5.82 Å². The molecule has 0 aromatic heterocycles. The van der Waals surface area contributed by atoms with Crippen LogP contribution in [0.3, 0.4) is 0 Å². The van der Waals surface area contributed by atoms with Gasteiger partial charge in [-0.3, -0.25) is 0 Å². The fourth-order valence-corrected chi connectivity index (χ4v) is 1.53. The first-order chi connectivity index (χ1) is 7.77. The molecule has 2 N–H and O–H groups in total. The zero-order valence-corrected chi connectivity index (χ0v) is 10.9. The molecular formula is C12H16ClF4N. The number of benzene rings is 1. The smallest absolute Gasteiger partial charge is 0.324 e. The minimum Gasteiger partial charge on any atom is -0.324 e. The van der Waals surface area contributed by atoms with E-state index in [0.29, 0.717) is 6.07 Å². The second kappa shape index (κ2) is 6.38. The van der Waals surface area contributed by atoms with E-state index in [1.165, 1.54) is 0 Å². The summed E-state index contributed by atoms with van der Waals surface area (Å²) in [6.07, 6.45) is -3.79. The highest BCUT2D eigenvalue weighted by Gasteiger charge is 2.31. The summed E-state index contributed by atoms with van der Waals surface area (Å²) in [6, 6.07) is 1.90. The molecule has 1 nitrogen and oxygen atoms in total. The van der Waals surface area contributed by atoms with Gasteiger partial charge in [0.25, 0.3) is 0 Å². The number of halogens is 5. The molecule has 1 unspecified atom stereocenters. The molecule has 0 bridgehead atoms. The Balaban J connectivity index is 0.00000289. The van der Waals surface area contributed by atoms with Crippen LogP contribution in [0.4, 0.5) is 17.6 Å². The van der Waals surface area contributed by atoms with Crippen molar-refractivity contribution in [2.24, 2.45) is 11.7 Å². The third kappa shape index (κ3) is 3.85. The Kier molecular flexibility index (Phi) is 6.10. The Morgan fingerprint density at radius 3 is 2.22 bits per heavy atom. The first-order valence-electron chi connectivity index (χ1n) is 5.39. The van der Waals surface area contributed by atoms with E-state index >= 15 is 0 Å². The van der Waals surface area contributed by atoms with Crippen LogP contribution < -0.4 is 5.73 Å². The summed E-state index contributed by atoms with van der Waals surface area (Å²) in [6.45, 7) is 3.73. The normalized spacial score (nSPS) is 14.8.